The van der Waals surface area contributed by atoms with Crippen molar-refractivity contribution < 1.29 is 19.0 Å². The molecule has 0 aromatic heterocycles. The first-order valence-corrected chi connectivity index (χ1v) is 7.62. The topological polar surface area (TPSA) is 70.6 Å². The summed E-state index contributed by atoms with van der Waals surface area (Å²) in [4.78, 5) is 12.0. The first kappa shape index (κ1) is 16.5. The van der Waals surface area contributed by atoms with Crippen LogP contribution in [0.1, 0.15) is 38.3 Å². The quantitative estimate of drug-likeness (QED) is 0.799. The molecule has 0 aliphatic carbocycles. The van der Waals surface area contributed by atoms with Gasteiger partial charge in [-0.2, -0.15) is 0 Å². The molecule has 1 aliphatic rings. The Morgan fingerprint density at radius 3 is 3.00 bits per heavy atom. The molecule has 1 aliphatic heterocycles. The summed E-state index contributed by atoms with van der Waals surface area (Å²) in [6.07, 6.45) is 0.916. The van der Waals surface area contributed by atoms with Crippen molar-refractivity contribution >= 4 is 6.03 Å². The van der Waals surface area contributed by atoms with E-state index >= 15 is 0 Å². The maximum absolute atomic E-state index is 13.3. The number of urea groups is 1. The SMILES string of the molecule is CC(C)C(O)CNC(=O)NC1CCCOc2cc(F)ccc21. The van der Waals surface area contributed by atoms with Gasteiger partial charge in [-0.15, -0.1) is 0 Å². The van der Waals surface area contributed by atoms with E-state index in [1.54, 1.807) is 6.07 Å². The normalized spacial score (nSPS) is 18.9. The number of nitrogens with one attached hydrogen (secondary N) is 2. The van der Waals surface area contributed by atoms with Gasteiger partial charge < -0.3 is 20.5 Å². The van der Waals surface area contributed by atoms with Crippen LogP contribution in [0.25, 0.3) is 0 Å². The van der Waals surface area contributed by atoms with Crippen LogP contribution in [-0.2, 0) is 0 Å². The van der Waals surface area contributed by atoms with Crippen molar-refractivity contribution in [2.45, 2.75) is 38.8 Å². The minimum atomic E-state index is -0.579. The smallest absolute Gasteiger partial charge is 0.315 e. The van der Waals surface area contributed by atoms with Gasteiger partial charge in [-0.1, -0.05) is 19.9 Å². The van der Waals surface area contributed by atoms with Crippen LogP contribution in [0.15, 0.2) is 18.2 Å². The number of hydrogen-bond donors (Lipinski definition) is 3. The summed E-state index contributed by atoms with van der Waals surface area (Å²) in [6, 6.07) is 3.78. The van der Waals surface area contributed by atoms with Gasteiger partial charge in [-0.05, 0) is 24.8 Å². The molecule has 2 amide bonds. The van der Waals surface area contributed by atoms with Crippen LogP contribution in [0.5, 0.6) is 5.75 Å². The van der Waals surface area contributed by atoms with E-state index in [4.69, 9.17) is 4.74 Å². The van der Waals surface area contributed by atoms with Gasteiger partial charge in [-0.25, -0.2) is 9.18 Å². The molecule has 22 heavy (non-hydrogen) atoms. The van der Waals surface area contributed by atoms with Crippen molar-refractivity contribution in [1.29, 1.82) is 0 Å². The Morgan fingerprint density at radius 2 is 2.27 bits per heavy atom. The van der Waals surface area contributed by atoms with Crippen LogP contribution in [0.2, 0.25) is 0 Å². The highest BCUT2D eigenvalue weighted by Crippen LogP contribution is 2.31. The van der Waals surface area contributed by atoms with Crippen molar-refractivity contribution in [2.24, 2.45) is 5.92 Å². The monoisotopic (exact) mass is 310 g/mol. The Morgan fingerprint density at radius 1 is 1.50 bits per heavy atom. The number of amides is 2. The third kappa shape index (κ3) is 4.34. The van der Waals surface area contributed by atoms with E-state index in [2.05, 4.69) is 10.6 Å². The second-order valence-electron chi connectivity index (χ2n) is 5.89. The highest BCUT2D eigenvalue weighted by atomic mass is 19.1. The maximum Gasteiger partial charge on any atom is 0.315 e. The second-order valence-corrected chi connectivity index (χ2v) is 5.89. The molecule has 3 N–H and O–H groups in total. The number of aliphatic hydroxyl groups is 1. The van der Waals surface area contributed by atoms with E-state index in [9.17, 15) is 14.3 Å². The molecule has 2 atom stereocenters. The zero-order valence-corrected chi connectivity index (χ0v) is 12.9. The lowest BCUT2D eigenvalue weighted by molar-refractivity contribution is 0.124. The molecule has 0 spiro atoms. The predicted molar refractivity (Wildman–Crippen MR) is 81.2 cm³/mol. The summed E-state index contributed by atoms with van der Waals surface area (Å²) in [5, 5.41) is 15.2. The minimum Gasteiger partial charge on any atom is -0.493 e. The number of aliphatic hydroxyl groups excluding tert-OH is 1. The molecule has 0 bridgehead atoms. The number of hydrogen-bond acceptors (Lipinski definition) is 3. The molecule has 2 rings (SSSR count). The zero-order chi connectivity index (χ0) is 16.1. The fourth-order valence-corrected chi connectivity index (χ4v) is 2.34. The summed E-state index contributed by atoms with van der Waals surface area (Å²) in [7, 11) is 0. The molecular weight excluding hydrogens is 287 g/mol. The highest BCUT2D eigenvalue weighted by Gasteiger charge is 2.22. The van der Waals surface area contributed by atoms with Gasteiger partial charge in [0.25, 0.3) is 0 Å². The number of fused-ring (bicyclic) bond motifs is 1. The number of rotatable bonds is 4. The minimum absolute atomic E-state index is 0.0790. The molecule has 1 aromatic carbocycles. The maximum atomic E-state index is 13.3. The Hall–Kier alpha value is -1.82. The van der Waals surface area contributed by atoms with Crippen LogP contribution in [0, 0.1) is 11.7 Å². The molecular formula is C16H23FN2O3. The number of benzene rings is 1. The fourth-order valence-electron chi connectivity index (χ4n) is 2.34. The molecule has 0 saturated heterocycles. The number of ether oxygens (including phenoxy) is 1. The van der Waals surface area contributed by atoms with Crippen LogP contribution >= 0.6 is 0 Å². The third-order valence-corrected chi connectivity index (χ3v) is 3.79. The van der Waals surface area contributed by atoms with E-state index in [1.807, 2.05) is 13.8 Å². The molecule has 5 nitrogen and oxygen atoms in total. The van der Waals surface area contributed by atoms with E-state index in [1.165, 1.54) is 12.1 Å². The first-order chi connectivity index (χ1) is 10.5. The average molecular weight is 310 g/mol. The van der Waals surface area contributed by atoms with Crippen molar-refractivity contribution in [3.63, 3.8) is 0 Å². The van der Waals surface area contributed by atoms with Crippen LogP contribution in [0.3, 0.4) is 0 Å². The molecule has 6 heteroatoms. The van der Waals surface area contributed by atoms with Crippen molar-refractivity contribution in [1.82, 2.24) is 10.6 Å². The van der Waals surface area contributed by atoms with Gasteiger partial charge in [0.05, 0.1) is 18.8 Å². The van der Waals surface area contributed by atoms with Crippen LogP contribution < -0.4 is 15.4 Å². The fraction of sp³-hybridized carbons (Fsp3) is 0.562. The lowest BCUT2D eigenvalue weighted by Crippen LogP contribution is -2.42. The summed E-state index contributed by atoms with van der Waals surface area (Å²) < 4.78 is 18.8. The lowest BCUT2D eigenvalue weighted by Gasteiger charge is -2.20. The zero-order valence-electron chi connectivity index (χ0n) is 12.9. The van der Waals surface area contributed by atoms with Crippen molar-refractivity contribution in [3.05, 3.63) is 29.6 Å². The first-order valence-electron chi connectivity index (χ1n) is 7.62. The van der Waals surface area contributed by atoms with Crippen molar-refractivity contribution in [2.75, 3.05) is 13.2 Å². The largest absolute Gasteiger partial charge is 0.493 e. The van der Waals surface area contributed by atoms with E-state index in [0.717, 1.165) is 18.4 Å². The van der Waals surface area contributed by atoms with E-state index in [0.29, 0.717) is 12.4 Å². The molecule has 122 valence electrons. The molecule has 2 unspecified atom stereocenters. The van der Waals surface area contributed by atoms with E-state index in [-0.39, 0.29) is 30.4 Å². The van der Waals surface area contributed by atoms with Gasteiger partial charge in [0, 0.05) is 18.2 Å². The van der Waals surface area contributed by atoms with Gasteiger partial charge >= 0.3 is 6.03 Å². The Labute approximate surface area is 129 Å². The number of halogens is 1. The highest BCUT2D eigenvalue weighted by molar-refractivity contribution is 5.74. The number of carbonyl (C=O) groups is 1. The summed E-state index contributed by atoms with van der Waals surface area (Å²) in [6.45, 7) is 4.47. The van der Waals surface area contributed by atoms with Gasteiger partial charge in [0.1, 0.15) is 11.6 Å². The summed E-state index contributed by atoms with van der Waals surface area (Å²) >= 11 is 0. The van der Waals surface area contributed by atoms with Crippen molar-refractivity contribution in [3.8, 4) is 5.75 Å². The van der Waals surface area contributed by atoms with Crippen LogP contribution in [0.4, 0.5) is 9.18 Å². The summed E-state index contributed by atoms with van der Waals surface area (Å²) in [5.41, 5.74) is 0.776. The molecule has 0 radical (unpaired) electrons. The standard InChI is InChI=1S/C16H23FN2O3/c1-10(2)14(20)9-18-16(21)19-13-4-3-7-22-15-8-11(17)5-6-12(13)15/h5-6,8,10,13-14,20H,3-4,7,9H2,1-2H3,(H2,18,19,21). The third-order valence-electron chi connectivity index (χ3n) is 3.79. The molecule has 0 saturated carbocycles. The molecule has 1 heterocycles. The Balaban J connectivity index is 1.99. The van der Waals surface area contributed by atoms with Gasteiger partial charge in [0.2, 0.25) is 0 Å². The molecule has 0 fully saturated rings. The second kappa shape index (κ2) is 7.45. The average Bonchev–Trinajstić information content (AvgIpc) is 2.66. The predicted octanol–water partition coefficient (Wildman–Crippen LogP) is 2.36. The van der Waals surface area contributed by atoms with Gasteiger partial charge in [-0.3, -0.25) is 0 Å². The van der Waals surface area contributed by atoms with Gasteiger partial charge in [0.15, 0.2) is 0 Å². The summed E-state index contributed by atoms with van der Waals surface area (Å²) in [5.74, 6) is 0.198. The Kier molecular flexibility index (Phi) is 5.60. The number of carbonyl (C=O) groups excluding carboxylic acids is 1. The van der Waals surface area contributed by atoms with E-state index < -0.39 is 6.10 Å². The lowest BCUT2D eigenvalue weighted by atomic mass is 10.0. The molecule has 1 aromatic rings. The van der Waals surface area contributed by atoms with Crippen LogP contribution in [-0.4, -0.2) is 30.4 Å². The Bertz CT molecular complexity index is 522.